The first kappa shape index (κ1) is 14.8. The van der Waals surface area contributed by atoms with Crippen LogP contribution in [0.25, 0.3) is 11.5 Å². The highest BCUT2D eigenvalue weighted by Crippen LogP contribution is 2.28. The van der Waals surface area contributed by atoms with Crippen molar-refractivity contribution < 1.29 is 18.7 Å². The van der Waals surface area contributed by atoms with Crippen molar-refractivity contribution in [1.82, 2.24) is 4.98 Å². The fraction of sp³-hybridized carbons (Fsp3) is 0.0588. The van der Waals surface area contributed by atoms with Crippen LogP contribution in [0.3, 0.4) is 0 Å². The van der Waals surface area contributed by atoms with Crippen molar-refractivity contribution in [2.75, 3.05) is 7.11 Å². The van der Waals surface area contributed by atoms with Gasteiger partial charge in [0, 0.05) is 5.56 Å². The number of aromatic nitrogens is 1. The highest BCUT2D eigenvalue weighted by Gasteiger charge is 2.12. The van der Waals surface area contributed by atoms with Crippen molar-refractivity contribution in [3.63, 3.8) is 0 Å². The lowest BCUT2D eigenvalue weighted by atomic mass is 10.2. The van der Waals surface area contributed by atoms with Gasteiger partial charge >= 0.3 is 5.95 Å². The fourth-order valence-electron chi connectivity index (χ4n) is 1.95. The maximum atomic E-state index is 12.8. The number of aromatic hydroxyl groups is 1. The molecule has 0 aliphatic carbocycles. The van der Waals surface area contributed by atoms with E-state index in [1.807, 2.05) is 0 Å². The van der Waals surface area contributed by atoms with Crippen LogP contribution in [0.15, 0.2) is 57.9 Å². The number of hydrogen-bond donors (Lipinski definition) is 1. The van der Waals surface area contributed by atoms with Gasteiger partial charge in [-0.15, -0.1) is 0 Å². The van der Waals surface area contributed by atoms with Gasteiger partial charge in [-0.25, -0.2) is 9.37 Å². The lowest BCUT2D eigenvalue weighted by molar-refractivity contribution is 0.336. The number of methoxy groups -OCH3 is 1. The molecule has 3 rings (SSSR count). The molecule has 0 spiro atoms. The van der Waals surface area contributed by atoms with Gasteiger partial charge in [0.15, 0.2) is 5.69 Å². The van der Waals surface area contributed by atoms with E-state index >= 15 is 0 Å². The summed E-state index contributed by atoms with van der Waals surface area (Å²) in [6, 6.07) is 12.8. The van der Waals surface area contributed by atoms with Crippen LogP contribution in [0.2, 0.25) is 0 Å². The van der Waals surface area contributed by atoms with E-state index in [1.54, 1.807) is 31.4 Å². The topological polar surface area (TPSA) is 67.9 Å². The fourth-order valence-corrected chi connectivity index (χ4v) is 1.95. The van der Waals surface area contributed by atoms with E-state index < -0.39 is 0 Å². The van der Waals surface area contributed by atoms with Crippen LogP contribution >= 0.6 is 0 Å². The molecule has 23 heavy (non-hydrogen) atoms. The Balaban J connectivity index is 1.87. The van der Waals surface area contributed by atoms with E-state index in [0.717, 1.165) is 0 Å². The predicted molar refractivity (Wildman–Crippen MR) is 83.8 cm³/mol. The average Bonchev–Trinajstić information content (AvgIpc) is 2.95. The maximum Gasteiger partial charge on any atom is 0.312 e. The van der Waals surface area contributed by atoms with Gasteiger partial charge in [0.05, 0.1) is 19.0 Å². The van der Waals surface area contributed by atoms with Crippen molar-refractivity contribution in [2.24, 2.45) is 4.99 Å². The predicted octanol–water partition coefficient (Wildman–Crippen LogP) is 3.95. The second-order valence-electron chi connectivity index (χ2n) is 4.68. The van der Waals surface area contributed by atoms with Crippen LogP contribution in [-0.2, 0) is 0 Å². The summed E-state index contributed by atoms with van der Waals surface area (Å²) in [5, 5.41) is 9.83. The van der Waals surface area contributed by atoms with Crippen LogP contribution in [0.4, 0.5) is 10.1 Å². The summed E-state index contributed by atoms with van der Waals surface area (Å²) in [6.07, 6.45) is 1.36. The molecule has 1 heterocycles. The quantitative estimate of drug-likeness (QED) is 0.741. The Morgan fingerprint density at radius 3 is 2.74 bits per heavy atom. The minimum Gasteiger partial charge on any atom is -0.497 e. The minimum atomic E-state index is -0.339. The minimum absolute atomic E-state index is 0.187. The van der Waals surface area contributed by atoms with Gasteiger partial charge in [0.1, 0.15) is 11.6 Å². The van der Waals surface area contributed by atoms with Crippen molar-refractivity contribution in [3.05, 3.63) is 60.0 Å². The van der Waals surface area contributed by atoms with Crippen molar-refractivity contribution in [1.29, 1.82) is 0 Å². The summed E-state index contributed by atoms with van der Waals surface area (Å²) in [6.45, 7) is 0. The smallest absolute Gasteiger partial charge is 0.312 e. The molecule has 0 radical (unpaired) electrons. The van der Waals surface area contributed by atoms with Crippen LogP contribution in [0, 0.1) is 5.82 Å². The second-order valence-corrected chi connectivity index (χ2v) is 4.68. The molecule has 116 valence electrons. The van der Waals surface area contributed by atoms with Crippen molar-refractivity contribution >= 4 is 11.9 Å². The molecule has 0 unspecified atom stereocenters. The number of ether oxygens (including phenoxy) is 1. The molecular weight excluding hydrogens is 299 g/mol. The first-order chi connectivity index (χ1) is 11.2. The first-order valence-electron chi connectivity index (χ1n) is 6.79. The summed E-state index contributed by atoms with van der Waals surface area (Å²) < 4.78 is 23.2. The molecule has 0 bridgehead atoms. The normalized spacial score (nSPS) is 11.0. The molecule has 0 atom stereocenters. The molecule has 6 heteroatoms. The molecule has 1 N–H and O–H groups in total. The third-order valence-electron chi connectivity index (χ3n) is 3.11. The molecule has 1 aromatic heterocycles. The summed E-state index contributed by atoms with van der Waals surface area (Å²) >= 11 is 0. The molecule has 0 saturated heterocycles. The van der Waals surface area contributed by atoms with Crippen molar-refractivity contribution in [2.45, 2.75) is 0 Å². The second kappa shape index (κ2) is 6.31. The first-order valence-corrected chi connectivity index (χ1v) is 6.79. The summed E-state index contributed by atoms with van der Waals surface area (Å²) in [7, 11) is 1.56. The SMILES string of the molecule is COc1cccc(-c2nc(C=Nc3ccc(F)cc3)c(O)o2)c1. The molecule has 0 aliphatic rings. The number of rotatable bonds is 4. The number of oxazole rings is 1. The summed E-state index contributed by atoms with van der Waals surface area (Å²) in [4.78, 5) is 8.31. The van der Waals surface area contributed by atoms with Crippen LogP contribution in [0.5, 0.6) is 11.7 Å². The number of aliphatic imine (C=N–C) groups is 1. The largest absolute Gasteiger partial charge is 0.497 e. The standard InChI is InChI=1S/C17H13FN2O3/c1-22-14-4-2-3-11(9-14)16-20-15(17(21)23-16)10-19-13-7-5-12(18)6-8-13/h2-10,21H,1H3. The van der Waals surface area contributed by atoms with E-state index in [0.29, 0.717) is 17.0 Å². The number of hydrogen-bond acceptors (Lipinski definition) is 5. The van der Waals surface area contributed by atoms with E-state index in [4.69, 9.17) is 9.15 Å². The van der Waals surface area contributed by atoms with Crippen LogP contribution in [-0.4, -0.2) is 23.4 Å². The zero-order valence-electron chi connectivity index (χ0n) is 12.2. The maximum absolute atomic E-state index is 12.8. The zero-order valence-corrected chi connectivity index (χ0v) is 12.2. The molecule has 0 saturated carbocycles. The number of nitrogens with zero attached hydrogens (tertiary/aromatic N) is 2. The Labute approximate surface area is 131 Å². The Morgan fingerprint density at radius 1 is 1.22 bits per heavy atom. The Morgan fingerprint density at radius 2 is 2.00 bits per heavy atom. The van der Waals surface area contributed by atoms with E-state index in [9.17, 15) is 9.50 Å². The van der Waals surface area contributed by atoms with E-state index in [-0.39, 0.29) is 23.3 Å². The van der Waals surface area contributed by atoms with Gasteiger partial charge in [-0.1, -0.05) is 6.07 Å². The molecule has 2 aromatic carbocycles. The molecule has 0 aliphatic heterocycles. The number of benzene rings is 2. The monoisotopic (exact) mass is 312 g/mol. The zero-order chi connectivity index (χ0) is 16.2. The third-order valence-corrected chi connectivity index (χ3v) is 3.11. The lowest BCUT2D eigenvalue weighted by Crippen LogP contribution is -1.85. The average molecular weight is 312 g/mol. The molecule has 3 aromatic rings. The molecule has 5 nitrogen and oxygen atoms in total. The van der Waals surface area contributed by atoms with Gasteiger partial charge in [0.25, 0.3) is 0 Å². The summed E-state index contributed by atoms with van der Waals surface area (Å²) in [5.74, 6) is 0.228. The molecule has 0 fully saturated rings. The highest BCUT2D eigenvalue weighted by molar-refractivity contribution is 5.82. The Kier molecular flexibility index (Phi) is 4.05. The molecular formula is C17H13FN2O3. The summed E-state index contributed by atoms with van der Waals surface area (Å²) in [5.41, 5.74) is 1.39. The van der Waals surface area contributed by atoms with E-state index in [1.165, 1.54) is 30.5 Å². The van der Waals surface area contributed by atoms with Gasteiger partial charge in [-0.3, -0.25) is 4.99 Å². The van der Waals surface area contributed by atoms with Gasteiger partial charge < -0.3 is 14.3 Å². The van der Waals surface area contributed by atoms with Gasteiger partial charge in [-0.05, 0) is 42.5 Å². The van der Waals surface area contributed by atoms with Crippen LogP contribution in [0.1, 0.15) is 5.69 Å². The Hall–Kier alpha value is -3.15. The van der Waals surface area contributed by atoms with Crippen molar-refractivity contribution in [3.8, 4) is 23.1 Å². The third kappa shape index (κ3) is 3.37. The van der Waals surface area contributed by atoms with Gasteiger partial charge in [0.2, 0.25) is 5.89 Å². The Bertz CT molecular complexity index is 841. The number of halogens is 1. The van der Waals surface area contributed by atoms with Crippen LogP contribution < -0.4 is 4.74 Å². The molecule has 0 amide bonds. The van der Waals surface area contributed by atoms with Gasteiger partial charge in [-0.2, -0.15) is 0 Å². The van der Waals surface area contributed by atoms with E-state index in [2.05, 4.69) is 9.98 Å². The lowest BCUT2D eigenvalue weighted by Gasteiger charge is -2.00. The highest BCUT2D eigenvalue weighted by atomic mass is 19.1.